The highest BCUT2D eigenvalue weighted by Gasteiger charge is 2.01. The molecule has 2 rings (SSSR count). The Morgan fingerprint density at radius 3 is 2.88 bits per heavy atom. The van der Waals surface area contributed by atoms with Gasteiger partial charge in [0.15, 0.2) is 0 Å². The van der Waals surface area contributed by atoms with Crippen LogP contribution in [0.5, 0.6) is 0 Å². The number of halogens is 2. The van der Waals surface area contributed by atoms with Gasteiger partial charge >= 0.3 is 0 Å². The van der Waals surface area contributed by atoms with Crippen molar-refractivity contribution in [1.82, 2.24) is 9.97 Å². The summed E-state index contributed by atoms with van der Waals surface area (Å²) in [6.07, 6.45) is 0. The van der Waals surface area contributed by atoms with Gasteiger partial charge in [0.1, 0.15) is 11.0 Å². The Morgan fingerprint density at radius 2 is 2.25 bits per heavy atom. The van der Waals surface area contributed by atoms with Gasteiger partial charge in [0.2, 0.25) is 5.95 Å². The van der Waals surface area contributed by atoms with Gasteiger partial charge in [-0.25, -0.2) is 4.98 Å². The van der Waals surface area contributed by atoms with Gasteiger partial charge in [-0.3, -0.25) is 0 Å². The number of aromatic nitrogens is 2. The Morgan fingerprint density at radius 1 is 1.44 bits per heavy atom. The molecule has 0 bridgehead atoms. The fourth-order valence-corrected chi connectivity index (χ4v) is 2.73. The van der Waals surface area contributed by atoms with E-state index in [-0.39, 0.29) is 5.95 Å². The van der Waals surface area contributed by atoms with Crippen molar-refractivity contribution in [1.29, 1.82) is 0 Å². The molecule has 3 N–H and O–H groups in total. The highest BCUT2D eigenvalue weighted by Crippen LogP contribution is 2.21. The summed E-state index contributed by atoms with van der Waals surface area (Å²) >= 11 is 10.8. The average Bonchev–Trinajstić information content (AvgIpc) is 2.60. The summed E-state index contributed by atoms with van der Waals surface area (Å²) in [5, 5.41) is 5.49. The Kier molecular flexibility index (Phi) is 3.63. The van der Waals surface area contributed by atoms with Crippen molar-refractivity contribution in [2.45, 2.75) is 6.54 Å². The van der Waals surface area contributed by atoms with E-state index in [9.17, 15) is 0 Å². The molecule has 2 heterocycles. The first-order valence-electron chi connectivity index (χ1n) is 4.40. The molecule has 2 aromatic rings. The predicted octanol–water partition coefficient (Wildman–Crippen LogP) is 3.15. The summed E-state index contributed by atoms with van der Waals surface area (Å²) in [7, 11) is 0. The van der Waals surface area contributed by atoms with Crippen LogP contribution in [-0.2, 0) is 6.54 Å². The molecule has 0 aromatic carbocycles. The number of anilines is 2. The number of nitrogens with one attached hydrogen (secondary N) is 1. The van der Waals surface area contributed by atoms with Crippen LogP contribution in [0.15, 0.2) is 22.0 Å². The van der Waals surface area contributed by atoms with Gasteiger partial charge in [-0.05, 0) is 22.0 Å². The van der Waals surface area contributed by atoms with Crippen LogP contribution in [-0.4, -0.2) is 9.97 Å². The van der Waals surface area contributed by atoms with Crippen molar-refractivity contribution >= 4 is 50.6 Å². The quantitative estimate of drug-likeness (QED) is 0.853. The van der Waals surface area contributed by atoms with E-state index in [1.807, 2.05) is 11.4 Å². The second-order valence-electron chi connectivity index (χ2n) is 3.02. The topological polar surface area (TPSA) is 63.8 Å². The maximum atomic E-state index is 5.76. The molecule has 0 atom stereocenters. The fraction of sp³-hybridized carbons (Fsp3) is 0.111. The average molecular weight is 320 g/mol. The van der Waals surface area contributed by atoms with Crippen LogP contribution in [0.3, 0.4) is 0 Å². The first-order chi connectivity index (χ1) is 7.63. The Bertz CT molecular complexity index is 482. The van der Waals surface area contributed by atoms with Crippen LogP contribution >= 0.6 is 38.9 Å². The van der Waals surface area contributed by atoms with Crippen molar-refractivity contribution < 1.29 is 0 Å². The second kappa shape index (κ2) is 4.99. The summed E-state index contributed by atoms with van der Waals surface area (Å²) in [5.74, 6) is 0.796. The third-order valence-electron chi connectivity index (χ3n) is 1.78. The van der Waals surface area contributed by atoms with Crippen LogP contribution < -0.4 is 11.1 Å². The third kappa shape index (κ3) is 3.07. The summed E-state index contributed by atoms with van der Waals surface area (Å²) < 4.78 is 1.08. The van der Waals surface area contributed by atoms with Crippen molar-refractivity contribution in [3.63, 3.8) is 0 Å². The molecule has 0 saturated carbocycles. The van der Waals surface area contributed by atoms with E-state index in [2.05, 4.69) is 31.2 Å². The number of nitrogens with two attached hydrogens (primary N) is 1. The molecule has 0 radical (unpaired) electrons. The first-order valence-corrected chi connectivity index (χ1v) is 6.45. The third-order valence-corrected chi connectivity index (χ3v) is 3.67. The fourth-order valence-electron chi connectivity index (χ4n) is 1.15. The van der Waals surface area contributed by atoms with Gasteiger partial charge in [0.25, 0.3) is 0 Å². The van der Waals surface area contributed by atoms with Crippen molar-refractivity contribution in [2.24, 2.45) is 0 Å². The lowest BCUT2D eigenvalue weighted by Crippen LogP contribution is -2.03. The first kappa shape index (κ1) is 11.6. The van der Waals surface area contributed by atoms with Gasteiger partial charge in [-0.15, -0.1) is 11.3 Å². The minimum absolute atomic E-state index is 0.169. The van der Waals surface area contributed by atoms with Crippen LogP contribution in [0, 0.1) is 0 Å². The SMILES string of the molecule is Nc1nc(Cl)cc(NCc2cc(Br)cs2)n1. The molecule has 7 heteroatoms. The number of hydrogen-bond acceptors (Lipinski definition) is 5. The van der Waals surface area contributed by atoms with E-state index in [0.717, 1.165) is 4.47 Å². The normalized spacial score (nSPS) is 10.4. The molecule has 4 nitrogen and oxygen atoms in total. The second-order valence-corrected chi connectivity index (χ2v) is 5.32. The molecule has 84 valence electrons. The Balaban J connectivity index is 2.04. The smallest absolute Gasteiger partial charge is 0.223 e. The molecule has 0 unspecified atom stereocenters. The van der Waals surface area contributed by atoms with Crippen LogP contribution in [0.25, 0.3) is 0 Å². The zero-order valence-corrected chi connectivity index (χ0v) is 11.2. The lowest BCUT2D eigenvalue weighted by molar-refractivity contribution is 1.11. The van der Waals surface area contributed by atoms with Gasteiger partial charge < -0.3 is 11.1 Å². The molecule has 16 heavy (non-hydrogen) atoms. The molecular weight excluding hydrogens is 312 g/mol. The van der Waals surface area contributed by atoms with Crippen LogP contribution in [0.1, 0.15) is 4.88 Å². The number of nitrogens with zero attached hydrogens (tertiary/aromatic N) is 2. The zero-order valence-electron chi connectivity index (χ0n) is 8.08. The molecule has 0 amide bonds. The van der Waals surface area contributed by atoms with Crippen molar-refractivity contribution in [2.75, 3.05) is 11.1 Å². The molecule has 0 aliphatic carbocycles. The molecule has 0 aliphatic rings. The maximum Gasteiger partial charge on any atom is 0.223 e. The summed E-state index contributed by atoms with van der Waals surface area (Å²) in [5.41, 5.74) is 5.48. The minimum Gasteiger partial charge on any atom is -0.368 e. The molecular formula is C9H8BrClN4S. The monoisotopic (exact) mass is 318 g/mol. The van der Waals surface area contributed by atoms with E-state index in [1.165, 1.54) is 4.88 Å². The van der Waals surface area contributed by atoms with E-state index in [1.54, 1.807) is 17.4 Å². The highest BCUT2D eigenvalue weighted by molar-refractivity contribution is 9.10. The van der Waals surface area contributed by atoms with Gasteiger partial charge in [0, 0.05) is 20.8 Å². The van der Waals surface area contributed by atoms with Gasteiger partial charge in [-0.1, -0.05) is 11.6 Å². The molecule has 0 saturated heterocycles. The lowest BCUT2D eigenvalue weighted by Gasteiger charge is -2.04. The highest BCUT2D eigenvalue weighted by atomic mass is 79.9. The van der Waals surface area contributed by atoms with Gasteiger partial charge in [-0.2, -0.15) is 4.98 Å². The number of thiophene rings is 1. The standard InChI is InChI=1S/C9H8BrClN4S/c10-5-1-6(16-4-5)3-13-8-2-7(11)14-9(12)15-8/h1-2,4H,3H2,(H3,12,13,14,15). The Labute approximate surface area is 110 Å². The Hall–Kier alpha value is -0.850. The molecule has 0 aliphatic heterocycles. The molecule has 0 spiro atoms. The van der Waals surface area contributed by atoms with E-state index in [4.69, 9.17) is 17.3 Å². The minimum atomic E-state index is 0.169. The lowest BCUT2D eigenvalue weighted by atomic mass is 10.4. The summed E-state index contributed by atoms with van der Waals surface area (Å²) in [6, 6.07) is 3.68. The number of hydrogen-bond donors (Lipinski definition) is 2. The zero-order chi connectivity index (χ0) is 11.5. The molecule has 2 aromatic heterocycles. The van der Waals surface area contributed by atoms with Crippen LogP contribution in [0.2, 0.25) is 5.15 Å². The number of rotatable bonds is 3. The number of nitrogen functional groups attached to an aromatic ring is 1. The molecule has 0 fully saturated rings. The maximum absolute atomic E-state index is 5.76. The summed E-state index contributed by atoms with van der Waals surface area (Å²) in [4.78, 5) is 9.00. The van der Waals surface area contributed by atoms with Crippen molar-refractivity contribution in [3.05, 3.63) is 32.0 Å². The summed E-state index contributed by atoms with van der Waals surface area (Å²) in [6.45, 7) is 0.684. The van der Waals surface area contributed by atoms with Crippen molar-refractivity contribution in [3.8, 4) is 0 Å². The van der Waals surface area contributed by atoms with E-state index in [0.29, 0.717) is 17.5 Å². The van der Waals surface area contributed by atoms with Gasteiger partial charge in [0.05, 0.1) is 6.54 Å². The van der Waals surface area contributed by atoms with Crippen LogP contribution in [0.4, 0.5) is 11.8 Å². The van der Waals surface area contributed by atoms with E-state index < -0.39 is 0 Å². The predicted molar refractivity (Wildman–Crippen MR) is 70.8 cm³/mol. The van der Waals surface area contributed by atoms with E-state index >= 15 is 0 Å². The largest absolute Gasteiger partial charge is 0.368 e.